The maximum atomic E-state index is 5.86. The summed E-state index contributed by atoms with van der Waals surface area (Å²) in [7, 11) is 0. The quantitative estimate of drug-likeness (QED) is 0.693. The standard InChI is InChI=1S/C10H15N3/c1-8-6-12-4-2-10(8)13-5-3-9(11)7-13/h2,4,6,9H,3,5,7,11H2,1H3/t9-/m1/s1. The van der Waals surface area contributed by atoms with Crippen molar-refractivity contribution in [2.24, 2.45) is 5.73 Å². The number of hydrogen-bond acceptors (Lipinski definition) is 3. The van der Waals surface area contributed by atoms with Crippen molar-refractivity contribution in [2.45, 2.75) is 19.4 Å². The Morgan fingerprint density at radius 3 is 3.08 bits per heavy atom. The van der Waals surface area contributed by atoms with E-state index in [0.29, 0.717) is 6.04 Å². The van der Waals surface area contributed by atoms with Gasteiger partial charge in [0, 0.05) is 37.2 Å². The molecule has 1 fully saturated rings. The fourth-order valence-electron chi connectivity index (χ4n) is 1.83. The van der Waals surface area contributed by atoms with Crippen LogP contribution in [0.2, 0.25) is 0 Å². The molecule has 70 valence electrons. The number of anilines is 1. The van der Waals surface area contributed by atoms with Gasteiger partial charge in [0.05, 0.1) is 0 Å². The van der Waals surface area contributed by atoms with Gasteiger partial charge in [-0.2, -0.15) is 0 Å². The van der Waals surface area contributed by atoms with Crippen molar-refractivity contribution >= 4 is 5.69 Å². The van der Waals surface area contributed by atoms with Gasteiger partial charge in [-0.3, -0.25) is 4.98 Å². The molecule has 0 radical (unpaired) electrons. The van der Waals surface area contributed by atoms with Crippen molar-refractivity contribution in [1.82, 2.24) is 4.98 Å². The first-order valence-corrected chi connectivity index (χ1v) is 4.68. The lowest BCUT2D eigenvalue weighted by molar-refractivity contribution is 0.752. The number of pyridine rings is 1. The Morgan fingerprint density at radius 2 is 2.46 bits per heavy atom. The number of hydrogen-bond donors (Lipinski definition) is 1. The second-order valence-electron chi connectivity index (χ2n) is 3.66. The molecule has 2 N–H and O–H groups in total. The first kappa shape index (κ1) is 8.51. The minimum atomic E-state index is 0.340. The molecule has 13 heavy (non-hydrogen) atoms. The zero-order valence-electron chi connectivity index (χ0n) is 7.90. The molecule has 2 heterocycles. The van der Waals surface area contributed by atoms with Gasteiger partial charge >= 0.3 is 0 Å². The summed E-state index contributed by atoms with van der Waals surface area (Å²) in [5.74, 6) is 0. The molecule has 3 heteroatoms. The van der Waals surface area contributed by atoms with Crippen LogP contribution < -0.4 is 10.6 Å². The maximum absolute atomic E-state index is 5.86. The number of nitrogens with two attached hydrogens (primary N) is 1. The molecule has 0 aromatic carbocycles. The van der Waals surface area contributed by atoms with E-state index in [9.17, 15) is 0 Å². The topological polar surface area (TPSA) is 42.2 Å². The monoisotopic (exact) mass is 177 g/mol. The van der Waals surface area contributed by atoms with E-state index in [4.69, 9.17) is 5.73 Å². The zero-order valence-corrected chi connectivity index (χ0v) is 7.90. The number of nitrogens with zero attached hydrogens (tertiary/aromatic N) is 2. The lowest BCUT2D eigenvalue weighted by Gasteiger charge is -2.19. The van der Waals surface area contributed by atoms with E-state index in [1.807, 2.05) is 12.4 Å². The molecule has 1 atom stereocenters. The molecular weight excluding hydrogens is 162 g/mol. The van der Waals surface area contributed by atoms with Crippen molar-refractivity contribution in [3.05, 3.63) is 24.0 Å². The first-order chi connectivity index (χ1) is 6.27. The van der Waals surface area contributed by atoms with Crippen LogP contribution in [-0.4, -0.2) is 24.1 Å². The fourth-order valence-corrected chi connectivity index (χ4v) is 1.83. The number of rotatable bonds is 1. The highest BCUT2D eigenvalue weighted by Gasteiger charge is 2.19. The smallest absolute Gasteiger partial charge is 0.0427 e. The second-order valence-corrected chi connectivity index (χ2v) is 3.66. The second kappa shape index (κ2) is 3.34. The summed E-state index contributed by atoms with van der Waals surface area (Å²) in [6.45, 7) is 4.14. The molecule has 0 unspecified atom stereocenters. The molecule has 1 aliphatic heterocycles. The predicted molar refractivity (Wildman–Crippen MR) is 53.8 cm³/mol. The highest BCUT2D eigenvalue weighted by molar-refractivity contribution is 5.52. The molecule has 0 spiro atoms. The van der Waals surface area contributed by atoms with Gasteiger partial charge in [-0.25, -0.2) is 0 Å². The van der Waals surface area contributed by atoms with Crippen LogP contribution in [0.5, 0.6) is 0 Å². The highest BCUT2D eigenvalue weighted by atomic mass is 15.2. The predicted octanol–water partition coefficient (Wildman–Crippen LogP) is 0.927. The molecule has 0 bridgehead atoms. The van der Waals surface area contributed by atoms with E-state index in [0.717, 1.165) is 19.5 Å². The van der Waals surface area contributed by atoms with E-state index in [-0.39, 0.29) is 0 Å². The van der Waals surface area contributed by atoms with Crippen LogP contribution in [0.3, 0.4) is 0 Å². The Hall–Kier alpha value is -1.09. The summed E-state index contributed by atoms with van der Waals surface area (Å²) < 4.78 is 0. The lowest BCUT2D eigenvalue weighted by atomic mass is 10.2. The Labute approximate surface area is 78.6 Å². The van der Waals surface area contributed by atoms with Gasteiger partial charge in [0.15, 0.2) is 0 Å². The van der Waals surface area contributed by atoms with Crippen LogP contribution in [0.25, 0.3) is 0 Å². The van der Waals surface area contributed by atoms with Crippen molar-refractivity contribution in [2.75, 3.05) is 18.0 Å². The van der Waals surface area contributed by atoms with Crippen LogP contribution in [0.15, 0.2) is 18.5 Å². The molecule has 0 amide bonds. The summed E-state index contributed by atoms with van der Waals surface area (Å²) >= 11 is 0. The van der Waals surface area contributed by atoms with Crippen LogP contribution in [0.4, 0.5) is 5.69 Å². The minimum Gasteiger partial charge on any atom is -0.370 e. The zero-order chi connectivity index (χ0) is 9.26. The Balaban J connectivity index is 2.21. The van der Waals surface area contributed by atoms with E-state index in [1.54, 1.807) is 0 Å². The van der Waals surface area contributed by atoms with E-state index in [1.165, 1.54) is 11.3 Å². The Morgan fingerprint density at radius 1 is 1.62 bits per heavy atom. The largest absolute Gasteiger partial charge is 0.370 e. The maximum Gasteiger partial charge on any atom is 0.0427 e. The fraction of sp³-hybridized carbons (Fsp3) is 0.500. The third kappa shape index (κ3) is 1.65. The van der Waals surface area contributed by atoms with Crippen molar-refractivity contribution in [3.8, 4) is 0 Å². The molecule has 2 rings (SSSR count). The van der Waals surface area contributed by atoms with Gasteiger partial charge in [-0.15, -0.1) is 0 Å². The minimum absolute atomic E-state index is 0.340. The number of aryl methyl sites for hydroxylation is 1. The normalized spacial score (nSPS) is 22.3. The highest BCUT2D eigenvalue weighted by Crippen LogP contribution is 2.22. The third-order valence-corrected chi connectivity index (χ3v) is 2.56. The van der Waals surface area contributed by atoms with Crippen LogP contribution in [-0.2, 0) is 0 Å². The van der Waals surface area contributed by atoms with Crippen molar-refractivity contribution in [3.63, 3.8) is 0 Å². The van der Waals surface area contributed by atoms with Crippen molar-refractivity contribution in [1.29, 1.82) is 0 Å². The van der Waals surface area contributed by atoms with Crippen molar-refractivity contribution < 1.29 is 0 Å². The van der Waals surface area contributed by atoms with Gasteiger partial charge in [0.1, 0.15) is 0 Å². The van der Waals surface area contributed by atoms with Gasteiger partial charge < -0.3 is 10.6 Å². The van der Waals surface area contributed by atoms with Gasteiger partial charge in [0.25, 0.3) is 0 Å². The Kier molecular flexibility index (Phi) is 2.19. The Bertz CT molecular complexity index is 298. The van der Waals surface area contributed by atoms with Gasteiger partial charge in [-0.1, -0.05) is 0 Å². The molecule has 0 aliphatic carbocycles. The third-order valence-electron chi connectivity index (χ3n) is 2.56. The summed E-state index contributed by atoms with van der Waals surface area (Å²) in [4.78, 5) is 6.41. The summed E-state index contributed by atoms with van der Waals surface area (Å²) in [6.07, 6.45) is 4.84. The molecule has 1 aromatic rings. The molecule has 0 saturated carbocycles. The van der Waals surface area contributed by atoms with Crippen LogP contribution in [0.1, 0.15) is 12.0 Å². The first-order valence-electron chi connectivity index (χ1n) is 4.68. The van der Waals surface area contributed by atoms with Gasteiger partial charge in [-0.05, 0) is 25.0 Å². The van der Waals surface area contributed by atoms with E-state index >= 15 is 0 Å². The molecule has 3 nitrogen and oxygen atoms in total. The average molecular weight is 177 g/mol. The van der Waals surface area contributed by atoms with Crippen LogP contribution in [0, 0.1) is 6.92 Å². The summed E-state index contributed by atoms with van der Waals surface area (Å²) in [5, 5.41) is 0. The van der Waals surface area contributed by atoms with Crippen LogP contribution >= 0.6 is 0 Å². The SMILES string of the molecule is Cc1cnccc1N1CC[C@@H](N)C1. The summed E-state index contributed by atoms with van der Waals surface area (Å²) in [6, 6.07) is 2.40. The van der Waals surface area contributed by atoms with E-state index < -0.39 is 0 Å². The molecule has 1 aromatic heterocycles. The van der Waals surface area contributed by atoms with Gasteiger partial charge in [0.2, 0.25) is 0 Å². The van der Waals surface area contributed by atoms with E-state index in [2.05, 4.69) is 22.9 Å². The summed E-state index contributed by atoms with van der Waals surface area (Å²) in [5.41, 5.74) is 8.37. The molecular formula is C10H15N3. The molecule has 1 aliphatic rings. The number of aromatic nitrogens is 1. The lowest BCUT2D eigenvalue weighted by Crippen LogP contribution is -2.26. The molecule has 1 saturated heterocycles. The average Bonchev–Trinajstić information content (AvgIpc) is 2.53.